The van der Waals surface area contributed by atoms with Gasteiger partial charge < -0.3 is 9.52 Å². The van der Waals surface area contributed by atoms with Gasteiger partial charge in [0, 0.05) is 22.9 Å². The highest BCUT2D eigenvalue weighted by molar-refractivity contribution is 5.88. The number of carboxylic acids is 1. The number of benzene rings is 1. The van der Waals surface area contributed by atoms with E-state index in [-0.39, 0.29) is 5.56 Å². The number of carboxylic acid groups (broad SMARTS) is 1. The Morgan fingerprint density at radius 3 is 2.60 bits per heavy atom. The van der Waals surface area contributed by atoms with Crippen LogP contribution in [0.15, 0.2) is 71.9 Å². The first-order valence-corrected chi connectivity index (χ1v) is 7.45. The second-order valence-electron chi connectivity index (χ2n) is 5.37. The molecule has 0 saturated carbocycles. The molecule has 0 radical (unpaired) electrons. The molecule has 3 heterocycles. The van der Waals surface area contributed by atoms with Gasteiger partial charge in [0.25, 0.3) is 0 Å². The second kappa shape index (κ2) is 6.04. The van der Waals surface area contributed by atoms with E-state index in [1.54, 1.807) is 47.9 Å². The Labute approximate surface area is 142 Å². The summed E-state index contributed by atoms with van der Waals surface area (Å²) < 4.78 is 6.72. The van der Waals surface area contributed by atoms with Gasteiger partial charge in [-0.1, -0.05) is 17.3 Å². The number of rotatable bonds is 4. The largest absolute Gasteiger partial charge is 0.478 e. The Morgan fingerprint density at radius 2 is 1.88 bits per heavy atom. The molecule has 7 nitrogen and oxygen atoms in total. The third-order valence-corrected chi connectivity index (χ3v) is 3.76. The maximum atomic E-state index is 10.9. The molecular weight excluding hydrogens is 320 g/mol. The first kappa shape index (κ1) is 14.8. The van der Waals surface area contributed by atoms with E-state index in [0.29, 0.717) is 5.69 Å². The predicted octanol–water partition coefficient (Wildman–Crippen LogP) is 3.29. The quantitative estimate of drug-likeness (QED) is 0.616. The van der Waals surface area contributed by atoms with E-state index in [1.807, 2.05) is 12.1 Å². The Balaban J connectivity index is 1.65. The molecule has 0 unspecified atom stereocenters. The molecule has 3 aromatic heterocycles. The van der Waals surface area contributed by atoms with Crippen LogP contribution < -0.4 is 0 Å². The fraction of sp³-hybridized carbons (Fsp3) is 0. The molecule has 0 atom stereocenters. The van der Waals surface area contributed by atoms with Crippen LogP contribution in [0.2, 0.25) is 0 Å². The van der Waals surface area contributed by atoms with Crippen LogP contribution in [0.3, 0.4) is 0 Å². The maximum Gasteiger partial charge on any atom is 0.335 e. The van der Waals surface area contributed by atoms with Crippen molar-refractivity contribution in [3.8, 4) is 28.1 Å². The van der Waals surface area contributed by atoms with Gasteiger partial charge in [-0.15, -0.1) is 5.10 Å². The van der Waals surface area contributed by atoms with Crippen molar-refractivity contribution in [3.63, 3.8) is 0 Å². The number of pyridine rings is 1. The summed E-state index contributed by atoms with van der Waals surface area (Å²) in [5.41, 5.74) is 4.27. The lowest BCUT2D eigenvalue weighted by atomic mass is 10.1. The molecule has 25 heavy (non-hydrogen) atoms. The van der Waals surface area contributed by atoms with E-state index in [1.165, 1.54) is 12.1 Å². The van der Waals surface area contributed by atoms with Crippen molar-refractivity contribution < 1.29 is 14.3 Å². The number of carbonyl (C=O) groups is 1. The van der Waals surface area contributed by atoms with Crippen LogP contribution in [-0.4, -0.2) is 31.1 Å². The number of aromatic nitrogens is 4. The van der Waals surface area contributed by atoms with Crippen molar-refractivity contribution in [1.29, 1.82) is 0 Å². The van der Waals surface area contributed by atoms with Crippen LogP contribution in [-0.2, 0) is 0 Å². The Bertz CT molecular complexity index is 1020. The minimum Gasteiger partial charge on any atom is -0.478 e. The van der Waals surface area contributed by atoms with E-state index in [9.17, 15) is 4.79 Å². The third kappa shape index (κ3) is 2.90. The highest BCUT2D eigenvalue weighted by Crippen LogP contribution is 2.22. The number of aromatic carboxylic acids is 1. The first-order chi connectivity index (χ1) is 12.2. The topological polar surface area (TPSA) is 94.0 Å². The van der Waals surface area contributed by atoms with E-state index in [4.69, 9.17) is 9.52 Å². The molecule has 1 N–H and O–H groups in total. The van der Waals surface area contributed by atoms with Crippen molar-refractivity contribution in [2.75, 3.05) is 0 Å². The third-order valence-electron chi connectivity index (χ3n) is 3.76. The van der Waals surface area contributed by atoms with Crippen molar-refractivity contribution >= 4 is 5.97 Å². The summed E-state index contributed by atoms with van der Waals surface area (Å²) in [4.78, 5) is 15.2. The van der Waals surface area contributed by atoms with Gasteiger partial charge in [0.2, 0.25) is 0 Å². The molecule has 0 aliphatic carbocycles. The SMILES string of the molecule is O=C(O)c1ccc(-c2cn(-c3cncc(-c4ccoc4)c3)nn2)cc1. The van der Waals surface area contributed by atoms with E-state index in [0.717, 1.165) is 22.4 Å². The molecule has 7 heteroatoms. The molecule has 122 valence electrons. The minimum absolute atomic E-state index is 0.230. The van der Waals surface area contributed by atoms with Gasteiger partial charge in [-0.3, -0.25) is 4.98 Å². The van der Waals surface area contributed by atoms with Crippen LogP contribution in [0.5, 0.6) is 0 Å². The van der Waals surface area contributed by atoms with E-state index < -0.39 is 5.97 Å². The maximum absolute atomic E-state index is 10.9. The molecule has 1 aromatic carbocycles. The van der Waals surface area contributed by atoms with E-state index in [2.05, 4.69) is 15.3 Å². The zero-order valence-electron chi connectivity index (χ0n) is 12.9. The fourth-order valence-electron chi connectivity index (χ4n) is 2.45. The Hall–Kier alpha value is -3.74. The van der Waals surface area contributed by atoms with Gasteiger partial charge in [-0.25, -0.2) is 9.48 Å². The second-order valence-corrected chi connectivity index (χ2v) is 5.37. The lowest BCUT2D eigenvalue weighted by molar-refractivity contribution is 0.0697. The van der Waals surface area contributed by atoms with Crippen LogP contribution in [0.1, 0.15) is 10.4 Å². The number of nitrogens with zero attached hydrogens (tertiary/aromatic N) is 4. The summed E-state index contributed by atoms with van der Waals surface area (Å²) in [7, 11) is 0. The molecule has 0 saturated heterocycles. The zero-order chi connectivity index (χ0) is 17.2. The lowest BCUT2D eigenvalue weighted by Crippen LogP contribution is -1.96. The summed E-state index contributed by atoms with van der Waals surface area (Å²) >= 11 is 0. The van der Waals surface area contributed by atoms with Crippen molar-refractivity contribution in [2.45, 2.75) is 0 Å². The Morgan fingerprint density at radius 1 is 1.04 bits per heavy atom. The average Bonchev–Trinajstić information content (AvgIpc) is 3.34. The van der Waals surface area contributed by atoms with E-state index >= 15 is 0 Å². The van der Waals surface area contributed by atoms with Crippen LogP contribution in [0, 0.1) is 0 Å². The first-order valence-electron chi connectivity index (χ1n) is 7.45. The number of hydrogen-bond acceptors (Lipinski definition) is 5. The summed E-state index contributed by atoms with van der Waals surface area (Å²) in [6.07, 6.45) is 8.46. The molecule has 0 spiro atoms. The molecule has 4 aromatic rings. The summed E-state index contributed by atoms with van der Waals surface area (Å²) in [6.45, 7) is 0. The Kier molecular flexibility index (Phi) is 3.59. The smallest absolute Gasteiger partial charge is 0.335 e. The van der Waals surface area contributed by atoms with Gasteiger partial charge in [-0.2, -0.15) is 0 Å². The molecule has 0 fully saturated rings. The van der Waals surface area contributed by atoms with Crippen LogP contribution in [0.25, 0.3) is 28.1 Å². The summed E-state index contributed by atoms with van der Waals surface area (Å²) in [6, 6.07) is 10.3. The predicted molar refractivity (Wildman–Crippen MR) is 89.3 cm³/mol. The monoisotopic (exact) mass is 332 g/mol. The molecular formula is C18H12N4O3. The molecule has 0 aliphatic rings. The van der Waals surface area contributed by atoms with Gasteiger partial charge in [0.05, 0.1) is 36.2 Å². The van der Waals surface area contributed by atoms with Crippen molar-refractivity contribution in [3.05, 3.63) is 73.1 Å². The van der Waals surface area contributed by atoms with Crippen LogP contribution >= 0.6 is 0 Å². The lowest BCUT2D eigenvalue weighted by Gasteiger charge is -2.02. The van der Waals surface area contributed by atoms with Gasteiger partial charge in [0.15, 0.2) is 0 Å². The fourth-order valence-corrected chi connectivity index (χ4v) is 2.45. The van der Waals surface area contributed by atoms with Gasteiger partial charge in [-0.05, 0) is 24.3 Å². The molecule has 4 rings (SSSR count). The molecule has 0 bridgehead atoms. The molecule has 0 aliphatic heterocycles. The minimum atomic E-state index is -0.961. The standard InChI is InChI=1S/C18H12N4O3/c23-18(24)13-3-1-12(2-4-13)17-10-22(21-20-17)16-7-15(8-19-9-16)14-5-6-25-11-14/h1-11H,(H,23,24). The number of hydrogen-bond donors (Lipinski definition) is 1. The summed E-state index contributed by atoms with van der Waals surface area (Å²) in [5.74, 6) is -0.961. The van der Waals surface area contributed by atoms with Gasteiger partial charge >= 0.3 is 5.97 Å². The van der Waals surface area contributed by atoms with Crippen molar-refractivity contribution in [2.24, 2.45) is 0 Å². The summed E-state index contributed by atoms with van der Waals surface area (Å²) in [5, 5.41) is 17.2. The van der Waals surface area contributed by atoms with Crippen LogP contribution in [0.4, 0.5) is 0 Å². The van der Waals surface area contributed by atoms with Crippen molar-refractivity contribution in [1.82, 2.24) is 20.0 Å². The number of furan rings is 1. The normalized spacial score (nSPS) is 10.7. The zero-order valence-corrected chi connectivity index (χ0v) is 12.9. The molecule has 0 amide bonds. The highest BCUT2D eigenvalue weighted by atomic mass is 16.4. The highest BCUT2D eigenvalue weighted by Gasteiger charge is 2.09. The van der Waals surface area contributed by atoms with Gasteiger partial charge in [0.1, 0.15) is 5.69 Å². The average molecular weight is 332 g/mol.